The molecule has 7 heteroatoms. The van der Waals surface area contributed by atoms with Crippen LogP contribution in [0.1, 0.15) is 17.0 Å². The Balaban J connectivity index is 1.19. The van der Waals surface area contributed by atoms with E-state index in [4.69, 9.17) is 14.2 Å². The molecule has 0 radical (unpaired) electrons. The number of hydrogen-bond acceptors (Lipinski definition) is 5. The van der Waals surface area contributed by atoms with Crippen LogP contribution in [0.2, 0.25) is 0 Å². The van der Waals surface area contributed by atoms with Crippen LogP contribution >= 0.6 is 0 Å². The first-order chi connectivity index (χ1) is 13.6. The Morgan fingerprint density at radius 1 is 1.18 bits per heavy atom. The molecule has 5 rings (SSSR count). The molecule has 6 nitrogen and oxygen atoms in total. The SMILES string of the molecule is Cc1ccc2nc(CO[C@H]3CN(Cc4ccc5c(c4)OCO5)C[C@H]3F)[nH]c2c1. The molecule has 2 aromatic carbocycles. The van der Waals surface area contributed by atoms with Crippen LogP contribution in [0.4, 0.5) is 4.39 Å². The Morgan fingerprint density at radius 2 is 2.07 bits per heavy atom. The van der Waals surface area contributed by atoms with Crippen molar-refractivity contribution in [2.45, 2.75) is 32.4 Å². The van der Waals surface area contributed by atoms with E-state index in [0.717, 1.165) is 33.9 Å². The van der Waals surface area contributed by atoms with Gasteiger partial charge in [0.15, 0.2) is 11.5 Å². The number of aryl methyl sites for hydroxylation is 1. The Hall–Kier alpha value is -2.64. The third-order valence-electron chi connectivity index (χ3n) is 5.24. The summed E-state index contributed by atoms with van der Waals surface area (Å²) < 4.78 is 31.1. The highest BCUT2D eigenvalue weighted by Crippen LogP contribution is 2.33. The number of likely N-dealkylation sites (tertiary alicyclic amines) is 1. The van der Waals surface area contributed by atoms with Crippen molar-refractivity contribution < 1.29 is 18.6 Å². The van der Waals surface area contributed by atoms with E-state index in [2.05, 4.69) is 14.9 Å². The molecule has 2 atom stereocenters. The number of halogens is 1. The molecular weight excluding hydrogens is 361 g/mol. The number of alkyl halides is 1. The van der Waals surface area contributed by atoms with E-state index in [1.54, 1.807) is 0 Å². The van der Waals surface area contributed by atoms with Gasteiger partial charge < -0.3 is 19.2 Å². The molecule has 0 unspecified atom stereocenters. The van der Waals surface area contributed by atoms with Gasteiger partial charge in [0.25, 0.3) is 0 Å². The number of fused-ring (bicyclic) bond motifs is 2. The molecule has 0 spiro atoms. The number of aromatic nitrogens is 2. The summed E-state index contributed by atoms with van der Waals surface area (Å²) in [5.74, 6) is 2.24. The Labute approximate surface area is 162 Å². The first-order valence-corrected chi connectivity index (χ1v) is 9.46. The maximum atomic E-state index is 14.5. The second-order valence-corrected chi connectivity index (χ2v) is 7.45. The van der Waals surface area contributed by atoms with E-state index in [-0.39, 0.29) is 13.4 Å². The minimum atomic E-state index is -1.01. The van der Waals surface area contributed by atoms with Gasteiger partial charge in [-0.2, -0.15) is 0 Å². The van der Waals surface area contributed by atoms with Crippen LogP contribution in [0.15, 0.2) is 36.4 Å². The standard InChI is InChI=1S/C21H22FN3O3/c1-13-2-4-16-17(6-13)24-21(23-16)11-26-20-10-25(9-15(20)22)8-14-3-5-18-19(7-14)28-12-27-18/h2-7,15,20H,8-12H2,1H3,(H,23,24)/t15-,20+/m1/s1. The first-order valence-electron chi connectivity index (χ1n) is 9.46. The highest BCUT2D eigenvalue weighted by Gasteiger charge is 2.34. The molecule has 3 heterocycles. The molecule has 1 saturated heterocycles. The molecule has 0 saturated carbocycles. The zero-order chi connectivity index (χ0) is 19.1. The summed E-state index contributed by atoms with van der Waals surface area (Å²) in [4.78, 5) is 9.83. The van der Waals surface area contributed by atoms with E-state index >= 15 is 0 Å². The van der Waals surface area contributed by atoms with Gasteiger partial charge in [-0.05, 0) is 42.3 Å². The van der Waals surface area contributed by atoms with Gasteiger partial charge in [-0.1, -0.05) is 12.1 Å². The van der Waals surface area contributed by atoms with Crippen LogP contribution in [-0.4, -0.2) is 47.0 Å². The molecule has 1 fully saturated rings. The number of imidazole rings is 1. The smallest absolute Gasteiger partial charge is 0.231 e. The molecule has 2 aliphatic rings. The lowest BCUT2D eigenvalue weighted by atomic mass is 10.2. The molecule has 28 heavy (non-hydrogen) atoms. The lowest BCUT2D eigenvalue weighted by Gasteiger charge is -2.16. The number of nitrogens with zero attached hydrogens (tertiary/aromatic N) is 2. The van der Waals surface area contributed by atoms with Gasteiger partial charge >= 0.3 is 0 Å². The third-order valence-corrected chi connectivity index (χ3v) is 5.24. The predicted octanol–water partition coefficient (Wildman–Crippen LogP) is 3.34. The zero-order valence-electron chi connectivity index (χ0n) is 15.7. The second-order valence-electron chi connectivity index (χ2n) is 7.45. The van der Waals surface area contributed by atoms with E-state index in [1.807, 2.05) is 43.3 Å². The van der Waals surface area contributed by atoms with Crippen LogP contribution in [-0.2, 0) is 17.9 Å². The number of benzene rings is 2. The van der Waals surface area contributed by atoms with Gasteiger partial charge in [0, 0.05) is 19.6 Å². The van der Waals surface area contributed by atoms with Gasteiger partial charge in [0.2, 0.25) is 6.79 Å². The van der Waals surface area contributed by atoms with Crippen molar-refractivity contribution in [1.82, 2.24) is 14.9 Å². The minimum absolute atomic E-state index is 0.256. The fourth-order valence-electron chi connectivity index (χ4n) is 3.82. The molecule has 1 aromatic heterocycles. The highest BCUT2D eigenvalue weighted by molar-refractivity contribution is 5.75. The average Bonchev–Trinajstić information content (AvgIpc) is 3.37. The maximum Gasteiger partial charge on any atom is 0.231 e. The summed E-state index contributed by atoms with van der Waals surface area (Å²) in [6, 6.07) is 11.9. The summed E-state index contributed by atoms with van der Waals surface area (Å²) in [5, 5.41) is 0. The fraction of sp³-hybridized carbons (Fsp3) is 0.381. The average molecular weight is 383 g/mol. The van der Waals surface area contributed by atoms with Crippen molar-refractivity contribution in [3.05, 3.63) is 53.3 Å². The van der Waals surface area contributed by atoms with Crippen molar-refractivity contribution >= 4 is 11.0 Å². The number of H-pyrrole nitrogens is 1. The van der Waals surface area contributed by atoms with E-state index in [9.17, 15) is 4.39 Å². The van der Waals surface area contributed by atoms with E-state index in [1.165, 1.54) is 5.56 Å². The zero-order valence-corrected chi connectivity index (χ0v) is 15.7. The lowest BCUT2D eigenvalue weighted by molar-refractivity contribution is 0.00863. The Kier molecular flexibility index (Phi) is 4.41. The fourth-order valence-corrected chi connectivity index (χ4v) is 3.82. The number of nitrogens with one attached hydrogen (secondary N) is 1. The van der Waals surface area contributed by atoms with Crippen LogP contribution < -0.4 is 9.47 Å². The first kappa shape index (κ1) is 17.5. The molecule has 0 bridgehead atoms. The lowest BCUT2D eigenvalue weighted by Crippen LogP contribution is -2.24. The molecular formula is C21H22FN3O3. The quantitative estimate of drug-likeness (QED) is 0.732. The van der Waals surface area contributed by atoms with Crippen molar-refractivity contribution in [3.63, 3.8) is 0 Å². The third kappa shape index (κ3) is 3.43. The number of aromatic amines is 1. The van der Waals surface area contributed by atoms with Gasteiger partial charge in [-0.25, -0.2) is 9.37 Å². The van der Waals surface area contributed by atoms with Crippen LogP contribution in [0, 0.1) is 6.92 Å². The van der Waals surface area contributed by atoms with Gasteiger partial charge in [-0.3, -0.25) is 4.90 Å². The normalized spacial score (nSPS) is 21.6. The van der Waals surface area contributed by atoms with Crippen molar-refractivity contribution in [3.8, 4) is 11.5 Å². The van der Waals surface area contributed by atoms with Crippen LogP contribution in [0.25, 0.3) is 11.0 Å². The molecule has 2 aliphatic heterocycles. The molecule has 1 N–H and O–H groups in total. The summed E-state index contributed by atoms with van der Waals surface area (Å²) in [6.45, 7) is 4.13. The minimum Gasteiger partial charge on any atom is -0.454 e. The summed E-state index contributed by atoms with van der Waals surface area (Å²) in [5.41, 5.74) is 4.12. The predicted molar refractivity (Wildman–Crippen MR) is 102 cm³/mol. The van der Waals surface area contributed by atoms with Crippen molar-refractivity contribution in [1.29, 1.82) is 0 Å². The largest absolute Gasteiger partial charge is 0.454 e. The van der Waals surface area contributed by atoms with Gasteiger partial charge in [-0.15, -0.1) is 0 Å². The highest BCUT2D eigenvalue weighted by atomic mass is 19.1. The van der Waals surface area contributed by atoms with Crippen LogP contribution in [0.5, 0.6) is 11.5 Å². The maximum absolute atomic E-state index is 14.5. The van der Waals surface area contributed by atoms with E-state index in [0.29, 0.717) is 19.6 Å². The molecule has 146 valence electrons. The monoisotopic (exact) mass is 383 g/mol. The van der Waals surface area contributed by atoms with Gasteiger partial charge in [0.05, 0.1) is 11.0 Å². The number of rotatable bonds is 5. The van der Waals surface area contributed by atoms with Crippen molar-refractivity contribution in [2.75, 3.05) is 19.9 Å². The topological polar surface area (TPSA) is 59.6 Å². The van der Waals surface area contributed by atoms with Gasteiger partial charge in [0.1, 0.15) is 24.7 Å². The molecule has 3 aromatic rings. The van der Waals surface area contributed by atoms with Crippen molar-refractivity contribution in [2.24, 2.45) is 0 Å². The molecule has 0 amide bonds. The Bertz CT molecular complexity index is 1010. The summed E-state index contributed by atoms with van der Waals surface area (Å²) in [6.07, 6.45) is -1.47. The van der Waals surface area contributed by atoms with E-state index < -0.39 is 12.3 Å². The summed E-state index contributed by atoms with van der Waals surface area (Å²) >= 11 is 0. The summed E-state index contributed by atoms with van der Waals surface area (Å²) in [7, 11) is 0. The number of hydrogen-bond donors (Lipinski definition) is 1. The number of ether oxygens (including phenoxy) is 3. The van der Waals surface area contributed by atoms with Crippen LogP contribution in [0.3, 0.4) is 0 Å². The Morgan fingerprint density at radius 3 is 3.00 bits per heavy atom. The molecule has 0 aliphatic carbocycles. The second kappa shape index (κ2) is 7.07.